The second-order valence-electron chi connectivity index (χ2n) is 7.90. The smallest absolute Gasteiger partial charge is 0.292 e. The quantitative estimate of drug-likeness (QED) is 0.432. The number of nitro benzene ring substituents is 1. The standard InChI is InChI=1S/C19H21F3N4O5S/c1-11-5-7-13(32(30,31)25-18(2,3)4)10-14(11)17(27)24-23-15-8-6-12(19(20,21)22)9-16(15)26(28)29/h5-10,23,25H,1-4H3,(H,24,27). The van der Waals surface area contributed by atoms with Crippen molar-refractivity contribution in [2.24, 2.45) is 0 Å². The Bertz CT molecular complexity index is 1160. The largest absolute Gasteiger partial charge is 0.416 e. The number of anilines is 1. The number of carbonyl (C=O) groups excluding carboxylic acids is 1. The van der Waals surface area contributed by atoms with Gasteiger partial charge in [0.25, 0.3) is 11.6 Å². The van der Waals surface area contributed by atoms with E-state index in [1.807, 2.05) is 0 Å². The van der Waals surface area contributed by atoms with Crippen LogP contribution in [0.5, 0.6) is 0 Å². The second kappa shape index (κ2) is 8.74. The molecule has 2 aromatic rings. The summed E-state index contributed by atoms with van der Waals surface area (Å²) < 4.78 is 65.9. The van der Waals surface area contributed by atoms with Crippen molar-refractivity contribution in [3.8, 4) is 0 Å². The van der Waals surface area contributed by atoms with Gasteiger partial charge in [0.15, 0.2) is 0 Å². The number of alkyl halides is 3. The van der Waals surface area contributed by atoms with Gasteiger partial charge in [-0.1, -0.05) is 6.07 Å². The summed E-state index contributed by atoms with van der Waals surface area (Å²) in [4.78, 5) is 22.5. The molecule has 0 spiro atoms. The zero-order valence-corrected chi connectivity index (χ0v) is 18.3. The number of aryl methyl sites for hydroxylation is 1. The lowest BCUT2D eigenvalue weighted by Crippen LogP contribution is -2.40. The van der Waals surface area contributed by atoms with Gasteiger partial charge < -0.3 is 0 Å². The lowest BCUT2D eigenvalue weighted by Gasteiger charge is -2.20. The van der Waals surface area contributed by atoms with Gasteiger partial charge in [0.05, 0.1) is 15.4 Å². The zero-order valence-electron chi connectivity index (χ0n) is 17.5. The third-order valence-corrected chi connectivity index (χ3v) is 5.79. The first-order chi connectivity index (χ1) is 14.5. The molecule has 0 unspecified atom stereocenters. The maximum atomic E-state index is 12.8. The van der Waals surface area contributed by atoms with Crippen LogP contribution in [0.3, 0.4) is 0 Å². The summed E-state index contributed by atoms with van der Waals surface area (Å²) in [5.41, 5.74) is 1.45. The highest BCUT2D eigenvalue weighted by atomic mass is 32.2. The van der Waals surface area contributed by atoms with Crippen LogP contribution in [0.4, 0.5) is 24.5 Å². The summed E-state index contributed by atoms with van der Waals surface area (Å²) in [6.07, 6.45) is -4.78. The minimum absolute atomic E-state index is 0.0520. The molecule has 0 radical (unpaired) electrons. The van der Waals surface area contributed by atoms with E-state index in [4.69, 9.17) is 0 Å². The van der Waals surface area contributed by atoms with Crippen molar-refractivity contribution in [2.75, 3.05) is 5.43 Å². The van der Waals surface area contributed by atoms with E-state index in [1.54, 1.807) is 27.7 Å². The van der Waals surface area contributed by atoms with Gasteiger partial charge in [-0.15, -0.1) is 0 Å². The topological polar surface area (TPSA) is 130 Å². The zero-order chi connectivity index (χ0) is 24.5. The molecule has 0 aliphatic heterocycles. The monoisotopic (exact) mass is 474 g/mol. The van der Waals surface area contributed by atoms with Gasteiger partial charge in [-0.2, -0.15) is 13.2 Å². The number of nitrogens with zero attached hydrogens (tertiary/aromatic N) is 1. The van der Waals surface area contributed by atoms with Crippen LogP contribution in [0.2, 0.25) is 0 Å². The van der Waals surface area contributed by atoms with E-state index in [9.17, 15) is 36.5 Å². The Morgan fingerprint density at radius 2 is 1.69 bits per heavy atom. The Labute approximate surface area is 182 Å². The third-order valence-electron chi connectivity index (χ3n) is 4.04. The highest BCUT2D eigenvalue weighted by molar-refractivity contribution is 7.89. The van der Waals surface area contributed by atoms with Crippen LogP contribution in [-0.4, -0.2) is 24.8 Å². The molecule has 32 heavy (non-hydrogen) atoms. The van der Waals surface area contributed by atoms with Crippen molar-refractivity contribution < 1.29 is 31.3 Å². The van der Waals surface area contributed by atoms with E-state index >= 15 is 0 Å². The fraction of sp³-hybridized carbons (Fsp3) is 0.316. The molecule has 13 heteroatoms. The Hall–Kier alpha value is -3.19. The molecule has 0 aromatic heterocycles. The Kier molecular flexibility index (Phi) is 6.85. The van der Waals surface area contributed by atoms with Crippen LogP contribution in [0.15, 0.2) is 41.3 Å². The van der Waals surface area contributed by atoms with Gasteiger partial charge in [0.2, 0.25) is 10.0 Å². The number of sulfonamides is 1. The molecular formula is C19H21F3N4O5S. The van der Waals surface area contributed by atoms with Crippen LogP contribution in [0.25, 0.3) is 0 Å². The van der Waals surface area contributed by atoms with Crippen molar-refractivity contribution >= 4 is 27.3 Å². The fourth-order valence-corrected chi connectivity index (χ4v) is 4.08. The maximum absolute atomic E-state index is 12.8. The summed E-state index contributed by atoms with van der Waals surface area (Å²) in [6, 6.07) is 5.62. The van der Waals surface area contributed by atoms with Crippen LogP contribution in [0, 0.1) is 17.0 Å². The Morgan fingerprint density at radius 3 is 2.22 bits per heavy atom. The molecule has 0 fully saturated rings. The van der Waals surface area contributed by atoms with Gasteiger partial charge in [-0.3, -0.25) is 25.8 Å². The lowest BCUT2D eigenvalue weighted by molar-refractivity contribution is -0.384. The first kappa shape index (κ1) is 25.1. The molecule has 9 nitrogen and oxygen atoms in total. The molecule has 1 amide bonds. The van der Waals surface area contributed by atoms with Gasteiger partial charge in [-0.25, -0.2) is 13.1 Å². The number of hydrogen-bond acceptors (Lipinski definition) is 6. The SMILES string of the molecule is Cc1ccc(S(=O)(=O)NC(C)(C)C)cc1C(=O)NNc1ccc(C(F)(F)F)cc1[N+](=O)[O-]. The van der Waals surface area contributed by atoms with Crippen molar-refractivity contribution in [3.05, 3.63) is 63.2 Å². The lowest BCUT2D eigenvalue weighted by atomic mass is 10.1. The summed E-state index contributed by atoms with van der Waals surface area (Å²) in [6.45, 7) is 6.48. The molecule has 3 N–H and O–H groups in total. The number of halogens is 3. The number of nitrogens with one attached hydrogen (secondary N) is 3. The normalized spacial score (nSPS) is 12.3. The fourth-order valence-electron chi connectivity index (χ4n) is 2.63. The molecule has 0 aliphatic carbocycles. The number of hydrazine groups is 1. The summed E-state index contributed by atoms with van der Waals surface area (Å²) in [5.74, 6) is -0.843. The van der Waals surface area contributed by atoms with Crippen molar-refractivity contribution in [3.63, 3.8) is 0 Å². The van der Waals surface area contributed by atoms with E-state index in [2.05, 4.69) is 15.6 Å². The number of rotatable bonds is 6. The molecule has 0 bridgehead atoms. The molecular weight excluding hydrogens is 453 g/mol. The number of amides is 1. The molecule has 174 valence electrons. The summed E-state index contributed by atoms with van der Waals surface area (Å²) in [7, 11) is -3.94. The third kappa shape index (κ3) is 6.17. The second-order valence-corrected chi connectivity index (χ2v) is 9.58. The van der Waals surface area contributed by atoms with Crippen LogP contribution in [-0.2, 0) is 16.2 Å². The van der Waals surface area contributed by atoms with E-state index in [0.717, 1.165) is 12.1 Å². The predicted molar refractivity (Wildman–Crippen MR) is 110 cm³/mol. The first-order valence-corrected chi connectivity index (χ1v) is 10.6. The molecule has 0 aliphatic rings. The summed E-state index contributed by atoms with van der Waals surface area (Å²) >= 11 is 0. The molecule has 0 saturated carbocycles. The minimum Gasteiger partial charge on any atom is -0.292 e. The molecule has 0 heterocycles. The number of benzene rings is 2. The van der Waals surface area contributed by atoms with E-state index in [1.165, 1.54) is 12.1 Å². The molecule has 0 atom stereocenters. The number of nitro groups is 1. The first-order valence-electron chi connectivity index (χ1n) is 9.08. The van der Waals surface area contributed by atoms with Crippen LogP contribution in [0.1, 0.15) is 42.3 Å². The van der Waals surface area contributed by atoms with Crippen LogP contribution < -0.4 is 15.6 Å². The van der Waals surface area contributed by atoms with Gasteiger partial charge >= 0.3 is 6.18 Å². The average molecular weight is 474 g/mol. The highest BCUT2D eigenvalue weighted by Crippen LogP contribution is 2.34. The highest BCUT2D eigenvalue weighted by Gasteiger charge is 2.33. The van der Waals surface area contributed by atoms with Gasteiger partial charge in [-0.05, 0) is 57.5 Å². The Balaban J connectivity index is 2.30. The van der Waals surface area contributed by atoms with Crippen molar-refractivity contribution in [1.29, 1.82) is 0 Å². The van der Waals surface area contributed by atoms with E-state index in [-0.39, 0.29) is 16.1 Å². The number of carbonyl (C=O) groups is 1. The summed E-state index contributed by atoms with van der Waals surface area (Å²) in [5, 5.41) is 11.2. The number of hydrogen-bond donors (Lipinski definition) is 3. The minimum atomic E-state index is -4.78. The maximum Gasteiger partial charge on any atom is 0.416 e. The molecule has 0 saturated heterocycles. The van der Waals surface area contributed by atoms with Crippen molar-refractivity contribution in [2.45, 2.75) is 44.3 Å². The van der Waals surface area contributed by atoms with E-state index in [0.29, 0.717) is 17.7 Å². The van der Waals surface area contributed by atoms with Crippen LogP contribution >= 0.6 is 0 Å². The van der Waals surface area contributed by atoms with E-state index < -0.39 is 43.8 Å². The molecule has 2 rings (SSSR count). The molecule has 2 aromatic carbocycles. The average Bonchev–Trinajstić information content (AvgIpc) is 2.63. The predicted octanol–water partition coefficient (Wildman–Crippen LogP) is 3.76. The van der Waals surface area contributed by atoms with Gasteiger partial charge in [0, 0.05) is 17.2 Å². The Morgan fingerprint density at radius 1 is 1.06 bits per heavy atom. The van der Waals surface area contributed by atoms with Crippen molar-refractivity contribution in [1.82, 2.24) is 10.1 Å². The van der Waals surface area contributed by atoms with Gasteiger partial charge in [0.1, 0.15) is 5.69 Å².